The van der Waals surface area contributed by atoms with Crippen LogP contribution in [0.5, 0.6) is 0 Å². The van der Waals surface area contributed by atoms with Crippen molar-refractivity contribution >= 4 is 17.2 Å². The molecule has 0 radical (unpaired) electrons. The summed E-state index contributed by atoms with van der Waals surface area (Å²) >= 11 is 1.62. The van der Waals surface area contributed by atoms with Gasteiger partial charge in [0.2, 0.25) is 5.91 Å². The summed E-state index contributed by atoms with van der Waals surface area (Å²) in [5, 5.41) is 3.06. The molecule has 0 aliphatic heterocycles. The van der Waals surface area contributed by atoms with Crippen molar-refractivity contribution in [2.45, 2.75) is 53.5 Å². The van der Waals surface area contributed by atoms with Crippen LogP contribution in [0.3, 0.4) is 0 Å². The quantitative estimate of drug-likeness (QED) is 0.841. The van der Waals surface area contributed by atoms with E-state index in [-0.39, 0.29) is 11.3 Å². The van der Waals surface area contributed by atoms with E-state index in [9.17, 15) is 4.79 Å². The summed E-state index contributed by atoms with van der Waals surface area (Å²) in [6.07, 6.45) is 2.47. The highest BCUT2D eigenvalue weighted by atomic mass is 32.1. The molecule has 1 aromatic rings. The first kappa shape index (κ1) is 18.1. The van der Waals surface area contributed by atoms with Crippen molar-refractivity contribution in [3.63, 3.8) is 0 Å². The van der Waals surface area contributed by atoms with Crippen LogP contribution < -0.4 is 5.73 Å². The Morgan fingerprint density at radius 1 is 1.43 bits per heavy atom. The zero-order chi connectivity index (χ0) is 16.0. The van der Waals surface area contributed by atoms with Gasteiger partial charge in [0, 0.05) is 18.8 Å². The summed E-state index contributed by atoms with van der Waals surface area (Å²) in [6.45, 7) is 9.93. The Kier molecular flexibility index (Phi) is 6.81. The highest BCUT2D eigenvalue weighted by molar-refractivity contribution is 7.09. The van der Waals surface area contributed by atoms with Crippen LogP contribution in [0.15, 0.2) is 5.38 Å². The third-order valence-electron chi connectivity index (χ3n) is 3.94. The van der Waals surface area contributed by atoms with Crippen LogP contribution in [-0.2, 0) is 11.3 Å². The Morgan fingerprint density at radius 3 is 2.57 bits per heavy atom. The molecule has 21 heavy (non-hydrogen) atoms. The standard InChI is InChI=1S/C16H29N3OS/c1-12-18-14(11-21-12)10-19(5)15(20)7-6-13(8-9-17)16(2,3)4/h11,13H,6-10,17H2,1-5H3. The first-order valence-corrected chi connectivity index (χ1v) is 8.47. The molecule has 0 aliphatic rings. The van der Waals surface area contributed by atoms with E-state index >= 15 is 0 Å². The molecule has 0 fully saturated rings. The minimum atomic E-state index is 0.187. The predicted octanol–water partition coefficient (Wildman–Crippen LogP) is 3.20. The molecule has 1 amide bonds. The number of carbonyl (C=O) groups is 1. The van der Waals surface area contributed by atoms with Gasteiger partial charge in [-0.15, -0.1) is 11.3 Å². The molecule has 1 heterocycles. The zero-order valence-corrected chi connectivity index (χ0v) is 14.8. The van der Waals surface area contributed by atoms with Gasteiger partial charge in [-0.2, -0.15) is 0 Å². The summed E-state index contributed by atoms with van der Waals surface area (Å²) in [7, 11) is 1.85. The summed E-state index contributed by atoms with van der Waals surface area (Å²) in [6, 6.07) is 0. The molecular formula is C16H29N3OS. The Morgan fingerprint density at radius 2 is 2.10 bits per heavy atom. The number of hydrogen-bond donors (Lipinski definition) is 1. The van der Waals surface area contributed by atoms with Crippen LogP contribution in [-0.4, -0.2) is 29.4 Å². The van der Waals surface area contributed by atoms with Gasteiger partial charge in [-0.1, -0.05) is 20.8 Å². The zero-order valence-electron chi connectivity index (χ0n) is 14.0. The van der Waals surface area contributed by atoms with Crippen LogP contribution >= 0.6 is 11.3 Å². The maximum Gasteiger partial charge on any atom is 0.222 e. The second kappa shape index (κ2) is 7.90. The van der Waals surface area contributed by atoms with Crippen LogP contribution in [0, 0.1) is 18.3 Å². The lowest BCUT2D eigenvalue weighted by Gasteiger charge is -2.31. The number of carbonyl (C=O) groups excluding carboxylic acids is 1. The largest absolute Gasteiger partial charge is 0.340 e. The lowest BCUT2D eigenvalue weighted by molar-refractivity contribution is -0.131. The lowest BCUT2D eigenvalue weighted by atomic mass is 9.76. The van der Waals surface area contributed by atoms with Gasteiger partial charge in [-0.25, -0.2) is 4.98 Å². The molecule has 5 heteroatoms. The molecule has 0 bridgehead atoms. The number of thiazole rings is 1. The molecule has 0 spiro atoms. The minimum absolute atomic E-state index is 0.187. The van der Waals surface area contributed by atoms with Gasteiger partial charge >= 0.3 is 0 Å². The molecule has 1 atom stereocenters. The average Bonchev–Trinajstić information content (AvgIpc) is 2.78. The number of aromatic nitrogens is 1. The van der Waals surface area contributed by atoms with Crippen molar-refractivity contribution in [2.24, 2.45) is 17.1 Å². The SMILES string of the molecule is Cc1nc(CN(C)C(=O)CCC(CCN)C(C)(C)C)cs1. The Hall–Kier alpha value is -0.940. The predicted molar refractivity (Wildman–Crippen MR) is 89.2 cm³/mol. The number of rotatable bonds is 7. The Labute approximate surface area is 132 Å². The Balaban J connectivity index is 2.48. The summed E-state index contributed by atoms with van der Waals surface area (Å²) in [5.74, 6) is 0.674. The second-order valence-corrected chi connectivity index (χ2v) is 7.85. The number of hydrogen-bond acceptors (Lipinski definition) is 4. The Bertz CT molecular complexity index is 451. The van der Waals surface area contributed by atoms with Gasteiger partial charge in [-0.3, -0.25) is 4.79 Å². The molecule has 1 aromatic heterocycles. The summed E-state index contributed by atoms with van der Waals surface area (Å²) in [5.41, 5.74) is 6.87. The van der Waals surface area contributed by atoms with E-state index in [0.717, 1.165) is 23.5 Å². The van der Waals surface area contributed by atoms with E-state index in [4.69, 9.17) is 5.73 Å². The number of aryl methyl sites for hydroxylation is 1. The van der Waals surface area contributed by atoms with Gasteiger partial charge in [0.05, 0.1) is 17.2 Å². The third kappa shape index (κ3) is 6.14. The van der Waals surface area contributed by atoms with Gasteiger partial charge in [0.25, 0.3) is 0 Å². The van der Waals surface area contributed by atoms with Crippen LogP contribution in [0.2, 0.25) is 0 Å². The van der Waals surface area contributed by atoms with Gasteiger partial charge in [0.1, 0.15) is 0 Å². The molecule has 0 saturated carbocycles. The number of nitrogens with zero attached hydrogens (tertiary/aromatic N) is 2. The average molecular weight is 311 g/mol. The van der Waals surface area contributed by atoms with E-state index < -0.39 is 0 Å². The van der Waals surface area contributed by atoms with Crippen molar-refractivity contribution in [3.05, 3.63) is 16.1 Å². The molecular weight excluding hydrogens is 282 g/mol. The molecule has 120 valence electrons. The van der Waals surface area contributed by atoms with Crippen LogP contribution in [0.25, 0.3) is 0 Å². The fraction of sp³-hybridized carbons (Fsp3) is 0.750. The normalized spacial score (nSPS) is 13.2. The van der Waals surface area contributed by atoms with E-state index in [2.05, 4.69) is 25.8 Å². The van der Waals surface area contributed by atoms with Crippen molar-refractivity contribution in [2.75, 3.05) is 13.6 Å². The van der Waals surface area contributed by atoms with Crippen molar-refractivity contribution in [1.82, 2.24) is 9.88 Å². The maximum atomic E-state index is 12.3. The first-order chi connectivity index (χ1) is 9.74. The number of nitrogens with two attached hydrogens (primary N) is 1. The van der Waals surface area contributed by atoms with E-state index in [0.29, 0.717) is 25.4 Å². The van der Waals surface area contributed by atoms with Gasteiger partial charge in [0.15, 0.2) is 0 Å². The molecule has 0 saturated heterocycles. The highest BCUT2D eigenvalue weighted by Crippen LogP contribution is 2.32. The molecule has 2 N–H and O–H groups in total. The molecule has 4 nitrogen and oxygen atoms in total. The molecule has 0 aromatic carbocycles. The summed E-state index contributed by atoms with van der Waals surface area (Å²) < 4.78 is 0. The third-order valence-corrected chi connectivity index (χ3v) is 4.76. The van der Waals surface area contributed by atoms with Gasteiger partial charge < -0.3 is 10.6 Å². The van der Waals surface area contributed by atoms with E-state index in [1.54, 1.807) is 16.2 Å². The minimum Gasteiger partial charge on any atom is -0.340 e. The fourth-order valence-corrected chi connectivity index (χ4v) is 3.12. The second-order valence-electron chi connectivity index (χ2n) is 6.79. The highest BCUT2D eigenvalue weighted by Gasteiger charge is 2.25. The number of amides is 1. The molecule has 1 rings (SSSR count). The molecule has 1 unspecified atom stereocenters. The lowest BCUT2D eigenvalue weighted by Crippen LogP contribution is -2.29. The topological polar surface area (TPSA) is 59.2 Å². The first-order valence-electron chi connectivity index (χ1n) is 7.59. The van der Waals surface area contributed by atoms with Crippen molar-refractivity contribution in [1.29, 1.82) is 0 Å². The summed E-state index contributed by atoms with van der Waals surface area (Å²) in [4.78, 5) is 18.4. The fourth-order valence-electron chi connectivity index (χ4n) is 2.51. The van der Waals surface area contributed by atoms with Crippen molar-refractivity contribution in [3.8, 4) is 0 Å². The maximum absolute atomic E-state index is 12.3. The van der Waals surface area contributed by atoms with Crippen LogP contribution in [0.4, 0.5) is 0 Å². The molecule has 0 aliphatic carbocycles. The van der Waals surface area contributed by atoms with Crippen LogP contribution in [0.1, 0.15) is 50.7 Å². The smallest absolute Gasteiger partial charge is 0.222 e. The monoisotopic (exact) mass is 311 g/mol. The van der Waals surface area contributed by atoms with Crippen molar-refractivity contribution < 1.29 is 4.79 Å². The van der Waals surface area contributed by atoms with E-state index in [1.165, 1.54) is 0 Å². The van der Waals surface area contributed by atoms with Gasteiger partial charge in [-0.05, 0) is 37.6 Å². The van der Waals surface area contributed by atoms with E-state index in [1.807, 2.05) is 19.4 Å².